The molecule has 0 aromatic heterocycles. The Morgan fingerprint density at radius 3 is 1.91 bits per heavy atom. The zero-order valence-corrected chi connectivity index (χ0v) is 20.1. The molecule has 0 atom stereocenters. The minimum Gasteiger partial charge on any atom is -0.497 e. The van der Waals surface area contributed by atoms with Crippen molar-refractivity contribution in [3.63, 3.8) is 0 Å². The summed E-state index contributed by atoms with van der Waals surface area (Å²) < 4.78 is 21.2. The highest BCUT2D eigenvalue weighted by Gasteiger charge is 2.18. The van der Waals surface area contributed by atoms with E-state index in [1.807, 2.05) is 12.1 Å². The molecule has 0 spiro atoms. The Bertz CT molecular complexity index is 870. The smallest absolute Gasteiger partial charge is 0.225 e. The van der Waals surface area contributed by atoms with Crippen LogP contribution in [0.4, 0.5) is 5.69 Å². The molecule has 0 radical (unpaired) electrons. The van der Waals surface area contributed by atoms with E-state index in [9.17, 15) is 4.79 Å². The third kappa shape index (κ3) is 7.00. The highest BCUT2D eigenvalue weighted by Crippen LogP contribution is 2.39. The highest BCUT2D eigenvalue weighted by molar-refractivity contribution is 5.91. The Labute approximate surface area is 196 Å². The molecule has 1 amide bonds. The quantitative estimate of drug-likeness (QED) is 0.556. The lowest BCUT2D eigenvalue weighted by atomic mass is 10.1. The van der Waals surface area contributed by atoms with Crippen LogP contribution in [0.5, 0.6) is 23.0 Å². The standard InChI is InChI=1S/C25H35N3O5/c1-30-21-7-5-19(6-8-21)9-11-27-13-15-28(16-14-27)12-10-24(29)26-20-17-22(31-2)25(33-4)23(18-20)32-3/h5-8,17-18H,9-16H2,1-4H3,(H,26,29). The van der Waals surface area contributed by atoms with Crippen LogP contribution >= 0.6 is 0 Å². The van der Waals surface area contributed by atoms with Gasteiger partial charge in [0.2, 0.25) is 11.7 Å². The monoisotopic (exact) mass is 457 g/mol. The summed E-state index contributed by atoms with van der Waals surface area (Å²) in [4.78, 5) is 17.3. The molecule has 2 aromatic carbocycles. The molecule has 180 valence electrons. The Hall–Kier alpha value is -2.97. The third-order valence-corrected chi connectivity index (χ3v) is 5.94. The average Bonchev–Trinajstić information content (AvgIpc) is 2.86. The summed E-state index contributed by atoms with van der Waals surface area (Å²) in [5, 5.41) is 2.94. The summed E-state index contributed by atoms with van der Waals surface area (Å²) in [5.41, 5.74) is 1.94. The second kappa shape index (κ2) is 12.3. The predicted octanol–water partition coefficient (Wildman–Crippen LogP) is 2.91. The molecule has 1 heterocycles. The van der Waals surface area contributed by atoms with Crippen LogP contribution in [-0.2, 0) is 11.2 Å². The molecular weight excluding hydrogens is 422 g/mol. The normalized spacial score (nSPS) is 14.5. The van der Waals surface area contributed by atoms with Crippen molar-refractivity contribution in [2.75, 3.05) is 73.0 Å². The first-order valence-electron chi connectivity index (χ1n) is 11.2. The van der Waals surface area contributed by atoms with E-state index in [-0.39, 0.29) is 5.91 Å². The van der Waals surface area contributed by atoms with Crippen LogP contribution in [0.1, 0.15) is 12.0 Å². The maximum atomic E-state index is 12.5. The Balaban J connectivity index is 1.40. The molecular formula is C25H35N3O5. The van der Waals surface area contributed by atoms with Gasteiger partial charge in [-0.2, -0.15) is 0 Å². The largest absolute Gasteiger partial charge is 0.497 e. The van der Waals surface area contributed by atoms with Gasteiger partial charge in [0.05, 0.1) is 28.4 Å². The second-order valence-corrected chi connectivity index (χ2v) is 7.99. The fraction of sp³-hybridized carbons (Fsp3) is 0.480. The first-order valence-corrected chi connectivity index (χ1v) is 11.2. The molecule has 1 fully saturated rings. The van der Waals surface area contributed by atoms with Crippen LogP contribution < -0.4 is 24.3 Å². The highest BCUT2D eigenvalue weighted by atomic mass is 16.5. The van der Waals surface area contributed by atoms with Gasteiger partial charge in [-0.15, -0.1) is 0 Å². The van der Waals surface area contributed by atoms with Crippen LogP contribution in [0, 0.1) is 0 Å². The van der Waals surface area contributed by atoms with E-state index in [4.69, 9.17) is 18.9 Å². The van der Waals surface area contributed by atoms with Crippen molar-refractivity contribution in [1.29, 1.82) is 0 Å². The van der Waals surface area contributed by atoms with Crippen molar-refractivity contribution in [3.05, 3.63) is 42.0 Å². The number of carbonyl (C=O) groups is 1. The third-order valence-electron chi connectivity index (χ3n) is 5.94. The minimum absolute atomic E-state index is 0.0359. The number of nitrogens with zero attached hydrogens (tertiary/aromatic N) is 2. The maximum Gasteiger partial charge on any atom is 0.225 e. The molecule has 8 nitrogen and oxygen atoms in total. The van der Waals surface area contributed by atoms with Crippen molar-refractivity contribution in [2.45, 2.75) is 12.8 Å². The first kappa shape index (κ1) is 24.7. The number of ether oxygens (including phenoxy) is 4. The van der Waals surface area contributed by atoms with Crippen LogP contribution in [0.15, 0.2) is 36.4 Å². The first-order chi connectivity index (χ1) is 16.1. The number of rotatable bonds is 11. The van der Waals surface area contributed by atoms with E-state index in [0.717, 1.165) is 51.4 Å². The second-order valence-electron chi connectivity index (χ2n) is 7.99. The number of carbonyl (C=O) groups excluding carboxylic acids is 1. The average molecular weight is 458 g/mol. The van der Waals surface area contributed by atoms with Crippen LogP contribution in [-0.4, -0.2) is 83.4 Å². The number of benzene rings is 2. The van der Waals surface area contributed by atoms with Gasteiger partial charge >= 0.3 is 0 Å². The van der Waals surface area contributed by atoms with Gasteiger partial charge < -0.3 is 34.1 Å². The van der Waals surface area contributed by atoms with Gasteiger partial charge in [-0.1, -0.05) is 12.1 Å². The molecule has 2 aromatic rings. The number of piperazine rings is 1. The summed E-state index contributed by atoms with van der Waals surface area (Å²) in [6.45, 7) is 5.76. The minimum atomic E-state index is -0.0359. The van der Waals surface area contributed by atoms with Gasteiger partial charge in [0.1, 0.15) is 5.75 Å². The number of methoxy groups -OCH3 is 4. The number of hydrogen-bond donors (Lipinski definition) is 1. The Morgan fingerprint density at radius 1 is 0.818 bits per heavy atom. The maximum absolute atomic E-state index is 12.5. The van der Waals surface area contributed by atoms with E-state index < -0.39 is 0 Å². The van der Waals surface area contributed by atoms with Gasteiger partial charge in [-0.3, -0.25) is 4.79 Å². The molecule has 1 aliphatic heterocycles. The predicted molar refractivity (Wildman–Crippen MR) is 129 cm³/mol. The lowest BCUT2D eigenvalue weighted by molar-refractivity contribution is -0.116. The van der Waals surface area contributed by atoms with Crippen molar-refractivity contribution in [3.8, 4) is 23.0 Å². The number of nitrogens with one attached hydrogen (secondary N) is 1. The molecule has 0 aliphatic carbocycles. The molecule has 1 N–H and O–H groups in total. The van der Waals surface area contributed by atoms with Gasteiger partial charge in [0.25, 0.3) is 0 Å². The molecule has 33 heavy (non-hydrogen) atoms. The summed E-state index contributed by atoms with van der Waals surface area (Å²) in [6, 6.07) is 11.7. The van der Waals surface area contributed by atoms with E-state index in [2.05, 4.69) is 27.2 Å². The fourth-order valence-corrected chi connectivity index (χ4v) is 3.95. The molecule has 1 aliphatic rings. The van der Waals surface area contributed by atoms with Gasteiger partial charge in [0, 0.05) is 63.5 Å². The van der Waals surface area contributed by atoms with E-state index in [1.54, 1.807) is 40.6 Å². The lowest BCUT2D eigenvalue weighted by Crippen LogP contribution is -2.47. The molecule has 0 saturated carbocycles. The van der Waals surface area contributed by atoms with Crippen LogP contribution in [0.3, 0.4) is 0 Å². The van der Waals surface area contributed by atoms with Crippen molar-refractivity contribution < 1.29 is 23.7 Å². The summed E-state index contributed by atoms with van der Waals surface area (Å²) >= 11 is 0. The van der Waals surface area contributed by atoms with E-state index in [1.165, 1.54) is 5.56 Å². The van der Waals surface area contributed by atoms with Crippen molar-refractivity contribution in [1.82, 2.24) is 9.80 Å². The van der Waals surface area contributed by atoms with Crippen LogP contribution in [0.25, 0.3) is 0 Å². The van der Waals surface area contributed by atoms with Gasteiger partial charge in [0.15, 0.2) is 11.5 Å². The zero-order chi connectivity index (χ0) is 23.6. The summed E-state index contributed by atoms with van der Waals surface area (Å²) in [5.74, 6) is 2.38. The SMILES string of the molecule is COc1ccc(CCN2CCN(CCC(=O)Nc3cc(OC)c(OC)c(OC)c3)CC2)cc1. The van der Waals surface area contributed by atoms with Gasteiger partial charge in [-0.05, 0) is 24.1 Å². The topological polar surface area (TPSA) is 72.5 Å². The molecule has 1 saturated heterocycles. The molecule has 8 heteroatoms. The van der Waals surface area contributed by atoms with E-state index in [0.29, 0.717) is 29.4 Å². The fourth-order valence-electron chi connectivity index (χ4n) is 3.95. The number of anilines is 1. The summed E-state index contributed by atoms with van der Waals surface area (Å²) in [7, 11) is 6.35. The summed E-state index contributed by atoms with van der Waals surface area (Å²) in [6.07, 6.45) is 1.46. The Morgan fingerprint density at radius 2 is 1.39 bits per heavy atom. The Kier molecular flexibility index (Phi) is 9.21. The lowest BCUT2D eigenvalue weighted by Gasteiger charge is -2.34. The van der Waals surface area contributed by atoms with Crippen LogP contribution in [0.2, 0.25) is 0 Å². The molecule has 0 bridgehead atoms. The zero-order valence-electron chi connectivity index (χ0n) is 20.1. The van der Waals surface area contributed by atoms with Crippen molar-refractivity contribution >= 4 is 11.6 Å². The van der Waals surface area contributed by atoms with Gasteiger partial charge in [-0.25, -0.2) is 0 Å². The molecule has 0 unspecified atom stereocenters. The molecule has 3 rings (SSSR count). The van der Waals surface area contributed by atoms with Crippen molar-refractivity contribution in [2.24, 2.45) is 0 Å². The van der Waals surface area contributed by atoms with E-state index >= 15 is 0 Å². The number of amides is 1. The number of hydrogen-bond acceptors (Lipinski definition) is 7.